The van der Waals surface area contributed by atoms with Crippen molar-refractivity contribution in [2.24, 2.45) is 0 Å². The summed E-state index contributed by atoms with van der Waals surface area (Å²) in [6.07, 6.45) is 6.93. The number of thioether (sulfide) groups is 1. The average molecular weight is 265 g/mol. The second kappa shape index (κ2) is 7.10. The van der Waals surface area contributed by atoms with E-state index in [1.165, 1.54) is 36.3 Å². The molecule has 1 N–H and O–H groups in total. The second-order valence-corrected chi connectivity index (χ2v) is 6.00. The highest BCUT2D eigenvalue weighted by Gasteiger charge is 2.19. The van der Waals surface area contributed by atoms with E-state index in [0.29, 0.717) is 5.25 Å². The Morgan fingerprint density at radius 1 is 1.39 bits per heavy atom. The largest absolute Gasteiger partial charge is 0.313 e. The number of aromatic nitrogens is 2. The zero-order valence-electron chi connectivity index (χ0n) is 11.4. The second-order valence-electron chi connectivity index (χ2n) is 4.69. The number of hydrogen-bond donors (Lipinski definition) is 1. The summed E-state index contributed by atoms with van der Waals surface area (Å²) < 4.78 is 0. The van der Waals surface area contributed by atoms with E-state index in [9.17, 15) is 0 Å². The van der Waals surface area contributed by atoms with E-state index < -0.39 is 0 Å². The third-order valence-corrected chi connectivity index (χ3v) is 4.71. The van der Waals surface area contributed by atoms with Crippen LogP contribution in [0.1, 0.15) is 55.4 Å². The number of nitrogens with one attached hydrogen (secondary N) is 1. The summed E-state index contributed by atoms with van der Waals surface area (Å²) in [6, 6.07) is 0. The molecule has 0 spiro atoms. The molecule has 4 heteroatoms. The lowest BCUT2D eigenvalue weighted by molar-refractivity contribution is 0.651. The Hall–Kier alpha value is -0.610. The van der Waals surface area contributed by atoms with Gasteiger partial charge in [0.2, 0.25) is 0 Å². The first kappa shape index (κ1) is 13.8. The molecule has 1 saturated heterocycles. The van der Waals surface area contributed by atoms with Gasteiger partial charge in [0.15, 0.2) is 0 Å². The number of aryl methyl sites for hydroxylation is 1. The number of nitrogens with zero attached hydrogens (tertiary/aromatic N) is 2. The van der Waals surface area contributed by atoms with Crippen molar-refractivity contribution in [2.75, 3.05) is 12.3 Å². The van der Waals surface area contributed by atoms with Gasteiger partial charge in [-0.3, -0.25) is 0 Å². The summed E-state index contributed by atoms with van der Waals surface area (Å²) in [5.74, 6) is 2.31. The van der Waals surface area contributed by atoms with Gasteiger partial charge in [0, 0.05) is 24.0 Å². The van der Waals surface area contributed by atoms with E-state index in [1.54, 1.807) is 0 Å². The molecule has 1 aliphatic rings. The maximum atomic E-state index is 4.80. The lowest BCUT2D eigenvalue weighted by atomic mass is 10.1. The van der Waals surface area contributed by atoms with Crippen LogP contribution in [-0.2, 0) is 13.0 Å². The van der Waals surface area contributed by atoms with Crippen molar-refractivity contribution in [3.8, 4) is 0 Å². The fourth-order valence-corrected chi connectivity index (χ4v) is 3.52. The third kappa shape index (κ3) is 3.45. The van der Waals surface area contributed by atoms with Crippen LogP contribution in [0.3, 0.4) is 0 Å². The van der Waals surface area contributed by atoms with Gasteiger partial charge in [0.25, 0.3) is 0 Å². The van der Waals surface area contributed by atoms with Crippen LogP contribution < -0.4 is 5.32 Å². The maximum Gasteiger partial charge on any atom is 0.141 e. The molecule has 0 aliphatic carbocycles. The fraction of sp³-hybridized carbons (Fsp3) is 0.714. The molecule has 100 valence electrons. The van der Waals surface area contributed by atoms with Crippen LogP contribution in [0.15, 0.2) is 6.20 Å². The van der Waals surface area contributed by atoms with Gasteiger partial charge in [0.1, 0.15) is 5.82 Å². The minimum absolute atomic E-state index is 0.525. The summed E-state index contributed by atoms with van der Waals surface area (Å²) >= 11 is 2.02. The number of hydrogen-bond acceptors (Lipinski definition) is 4. The van der Waals surface area contributed by atoms with E-state index >= 15 is 0 Å². The summed E-state index contributed by atoms with van der Waals surface area (Å²) in [6.45, 7) is 6.18. The molecule has 1 atom stereocenters. The van der Waals surface area contributed by atoms with Gasteiger partial charge >= 0.3 is 0 Å². The topological polar surface area (TPSA) is 37.8 Å². The molecule has 1 unspecified atom stereocenters. The Morgan fingerprint density at radius 2 is 2.28 bits per heavy atom. The molecule has 1 aromatic rings. The zero-order valence-corrected chi connectivity index (χ0v) is 12.2. The van der Waals surface area contributed by atoms with Gasteiger partial charge in [-0.25, -0.2) is 9.97 Å². The molecule has 0 amide bonds. The minimum Gasteiger partial charge on any atom is -0.313 e. The first-order valence-electron chi connectivity index (χ1n) is 7.02. The lowest BCUT2D eigenvalue weighted by Gasteiger charge is -2.20. The monoisotopic (exact) mass is 265 g/mol. The van der Waals surface area contributed by atoms with E-state index in [2.05, 4.69) is 24.1 Å². The number of rotatable bonds is 5. The molecule has 0 saturated carbocycles. The van der Waals surface area contributed by atoms with Crippen LogP contribution in [0.4, 0.5) is 0 Å². The van der Waals surface area contributed by atoms with Crippen molar-refractivity contribution in [1.29, 1.82) is 0 Å². The SMILES string of the molecule is CCNCc1cnc(C2CCCCS2)nc1CC. The average Bonchev–Trinajstić information content (AvgIpc) is 2.46. The van der Waals surface area contributed by atoms with Gasteiger partial charge in [-0.2, -0.15) is 11.8 Å². The third-order valence-electron chi connectivity index (χ3n) is 3.34. The van der Waals surface area contributed by atoms with Crippen LogP contribution in [0, 0.1) is 0 Å². The summed E-state index contributed by atoms with van der Waals surface area (Å²) in [5, 5.41) is 3.88. The summed E-state index contributed by atoms with van der Waals surface area (Å²) in [7, 11) is 0. The van der Waals surface area contributed by atoms with E-state index in [4.69, 9.17) is 4.98 Å². The normalized spacial score (nSPS) is 20.0. The molecule has 18 heavy (non-hydrogen) atoms. The highest BCUT2D eigenvalue weighted by atomic mass is 32.2. The van der Waals surface area contributed by atoms with Crippen molar-refractivity contribution in [3.05, 3.63) is 23.3 Å². The standard InChI is InChI=1S/C14H23N3S/c1-3-12-11(9-15-4-2)10-16-14(17-12)13-7-5-6-8-18-13/h10,13,15H,3-9H2,1-2H3. The quantitative estimate of drug-likeness (QED) is 0.887. The van der Waals surface area contributed by atoms with Crippen molar-refractivity contribution in [3.63, 3.8) is 0 Å². The van der Waals surface area contributed by atoms with E-state index in [0.717, 1.165) is 25.3 Å². The molecule has 0 aromatic carbocycles. The van der Waals surface area contributed by atoms with Crippen LogP contribution in [-0.4, -0.2) is 22.3 Å². The van der Waals surface area contributed by atoms with Crippen LogP contribution >= 0.6 is 11.8 Å². The summed E-state index contributed by atoms with van der Waals surface area (Å²) in [5.41, 5.74) is 2.47. The zero-order chi connectivity index (χ0) is 12.8. The molecular formula is C14H23N3S. The van der Waals surface area contributed by atoms with Crippen molar-refractivity contribution < 1.29 is 0 Å². The van der Waals surface area contributed by atoms with Gasteiger partial charge in [0.05, 0.1) is 5.25 Å². The molecule has 3 nitrogen and oxygen atoms in total. The van der Waals surface area contributed by atoms with Gasteiger partial charge in [-0.15, -0.1) is 0 Å². The predicted molar refractivity (Wildman–Crippen MR) is 77.8 cm³/mol. The maximum absolute atomic E-state index is 4.80. The Balaban J connectivity index is 2.12. The van der Waals surface area contributed by atoms with E-state index in [1.807, 2.05) is 18.0 Å². The predicted octanol–water partition coefficient (Wildman–Crippen LogP) is 3.11. The van der Waals surface area contributed by atoms with Gasteiger partial charge < -0.3 is 5.32 Å². The summed E-state index contributed by atoms with van der Waals surface area (Å²) in [4.78, 5) is 9.39. The molecule has 0 bridgehead atoms. The fourth-order valence-electron chi connectivity index (χ4n) is 2.27. The molecular weight excluding hydrogens is 242 g/mol. The first-order valence-corrected chi connectivity index (χ1v) is 8.07. The Labute approximate surface area is 114 Å². The van der Waals surface area contributed by atoms with Crippen molar-refractivity contribution >= 4 is 11.8 Å². The molecule has 2 rings (SSSR count). The Kier molecular flexibility index (Phi) is 5.45. The highest BCUT2D eigenvalue weighted by molar-refractivity contribution is 7.99. The Bertz CT molecular complexity index is 375. The molecule has 1 aromatic heterocycles. The lowest BCUT2D eigenvalue weighted by Crippen LogP contribution is -2.16. The van der Waals surface area contributed by atoms with Crippen LogP contribution in [0.2, 0.25) is 0 Å². The van der Waals surface area contributed by atoms with Crippen LogP contribution in [0.5, 0.6) is 0 Å². The smallest absolute Gasteiger partial charge is 0.141 e. The van der Waals surface area contributed by atoms with E-state index in [-0.39, 0.29) is 0 Å². The first-order chi connectivity index (χ1) is 8.85. The molecule has 0 radical (unpaired) electrons. The van der Waals surface area contributed by atoms with Crippen LogP contribution in [0.25, 0.3) is 0 Å². The molecule has 1 fully saturated rings. The molecule has 2 heterocycles. The Morgan fingerprint density at radius 3 is 2.94 bits per heavy atom. The van der Waals surface area contributed by atoms with Gasteiger partial charge in [-0.05, 0) is 31.6 Å². The highest BCUT2D eigenvalue weighted by Crippen LogP contribution is 2.36. The molecule has 1 aliphatic heterocycles. The van der Waals surface area contributed by atoms with Gasteiger partial charge in [-0.1, -0.05) is 20.3 Å². The van der Waals surface area contributed by atoms with Crippen molar-refractivity contribution in [1.82, 2.24) is 15.3 Å². The minimum atomic E-state index is 0.525. The van der Waals surface area contributed by atoms with Crippen molar-refractivity contribution in [2.45, 2.75) is 51.3 Å².